The van der Waals surface area contributed by atoms with E-state index >= 15 is 0 Å². The van der Waals surface area contributed by atoms with Crippen molar-refractivity contribution >= 4 is 11.8 Å². The lowest BCUT2D eigenvalue weighted by atomic mass is 10.2. The molecule has 29 heavy (non-hydrogen) atoms. The second kappa shape index (κ2) is 10.2. The van der Waals surface area contributed by atoms with E-state index in [1.807, 2.05) is 13.1 Å². The summed E-state index contributed by atoms with van der Waals surface area (Å²) in [6.07, 6.45) is 2.30. The summed E-state index contributed by atoms with van der Waals surface area (Å²) in [4.78, 5) is 11.5. The summed E-state index contributed by atoms with van der Waals surface area (Å²) >= 11 is 0. The molecule has 0 radical (unpaired) electrons. The molecule has 0 spiro atoms. The van der Waals surface area contributed by atoms with Crippen LogP contribution in [0.1, 0.15) is 31.9 Å². The number of benzene rings is 1. The number of ether oxygens (including phenoxy) is 1. The summed E-state index contributed by atoms with van der Waals surface area (Å²) in [6.45, 7) is 9.79. The third kappa shape index (κ3) is 6.42. The van der Waals surface area contributed by atoms with Crippen LogP contribution in [0.3, 0.4) is 0 Å². The average molecular weight is 400 g/mol. The first-order valence-corrected chi connectivity index (χ1v) is 10.2. The first-order chi connectivity index (χ1) is 14.0. The maximum Gasteiger partial charge on any atom is 0.191 e. The Morgan fingerprint density at radius 3 is 2.41 bits per heavy atom. The number of pyridine rings is 1. The monoisotopic (exact) mass is 399 g/mol. The molecule has 156 valence electrons. The number of hydrogen-bond acceptors (Lipinski definition) is 4. The number of anilines is 1. The minimum Gasteiger partial charge on any atom is -0.372 e. The second-order valence-electron chi connectivity index (χ2n) is 7.36. The van der Waals surface area contributed by atoms with Crippen LogP contribution >= 0.6 is 0 Å². The molecular formula is C22H30FN5O. The number of aliphatic imine (C=N–C) groups is 1. The van der Waals surface area contributed by atoms with Crippen molar-refractivity contribution in [3.63, 3.8) is 0 Å². The fraction of sp³-hybridized carbons (Fsp3) is 0.455. The Kier molecular flexibility index (Phi) is 7.41. The predicted molar refractivity (Wildman–Crippen MR) is 115 cm³/mol. The molecule has 2 atom stereocenters. The molecule has 0 aliphatic carbocycles. The van der Waals surface area contributed by atoms with Crippen LogP contribution in [-0.4, -0.2) is 42.8 Å². The molecule has 1 aromatic heterocycles. The van der Waals surface area contributed by atoms with Gasteiger partial charge in [-0.25, -0.2) is 14.4 Å². The molecule has 2 heterocycles. The third-order valence-corrected chi connectivity index (χ3v) is 4.69. The Morgan fingerprint density at radius 1 is 1.10 bits per heavy atom. The Morgan fingerprint density at radius 2 is 1.79 bits per heavy atom. The largest absolute Gasteiger partial charge is 0.372 e. The van der Waals surface area contributed by atoms with Crippen molar-refractivity contribution in [3.05, 3.63) is 59.5 Å². The molecule has 3 rings (SSSR count). The van der Waals surface area contributed by atoms with Gasteiger partial charge in [-0.3, -0.25) is 0 Å². The van der Waals surface area contributed by atoms with Gasteiger partial charge in [-0.2, -0.15) is 0 Å². The number of hydrogen-bond donors (Lipinski definition) is 2. The Labute approximate surface area is 172 Å². The van der Waals surface area contributed by atoms with Gasteiger partial charge in [-0.15, -0.1) is 0 Å². The van der Waals surface area contributed by atoms with Crippen molar-refractivity contribution in [2.45, 2.75) is 46.1 Å². The summed E-state index contributed by atoms with van der Waals surface area (Å²) in [6, 6.07) is 10.6. The van der Waals surface area contributed by atoms with Crippen LogP contribution in [0.25, 0.3) is 0 Å². The minimum atomic E-state index is -0.230. The molecule has 6 nitrogen and oxygen atoms in total. The molecule has 0 bridgehead atoms. The van der Waals surface area contributed by atoms with Crippen molar-refractivity contribution in [1.29, 1.82) is 0 Å². The van der Waals surface area contributed by atoms with E-state index in [0.29, 0.717) is 13.1 Å². The van der Waals surface area contributed by atoms with Gasteiger partial charge < -0.3 is 20.3 Å². The maximum atomic E-state index is 13.0. The summed E-state index contributed by atoms with van der Waals surface area (Å²) in [7, 11) is 0. The van der Waals surface area contributed by atoms with Crippen LogP contribution in [0.5, 0.6) is 0 Å². The van der Waals surface area contributed by atoms with Gasteiger partial charge in [0.05, 0.1) is 18.8 Å². The zero-order valence-corrected chi connectivity index (χ0v) is 17.4. The zero-order valence-electron chi connectivity index (χ0n) is 17.4. The average Bonchev–Trinajstić information content (AvgIpc) is 2.71. The van der Waals surface area contributed by atoms with Gasteiger partial charge in [0.15, 0.2) is 5.96 Å². The normalized spacial score (nSPS) is 19.9. The number of nitrogens with zero attached hydrogens (tertiary/aromatic N) is 3. The molecule has 1 saturated heterocycles. The first kappa shape index (κ1) is 21.0. The smallest absolute Gasteiger partial charge is 0.191 e. The van der Waals surface area contributed by atoms with Gasteiger partial charge >= 0.3 is 0 Å². The van der Waals surface area contributed by atoms with Crippen molar-refractivity contribution in [2.24, 2.45) is 4.99 Å². The van der Waals surface area contributed by atoms with E-state index in [0.717, 1.165) is 42.5 Å². The van der Waals surface area contributed by atoms with Gasteiger partial charge in [0, 0.05) is 32.4 Å². The standard InChI is InChI=1S/C22H30FN5O/c1-4-24-22(26-11-18-5-8-20(23)9-6-18)27-13-19-7-10-21(25-12-19)28-14-16(2)29-17(3)15-28/h5-10,12,16-17H,4,11,13-15H2,1-3H3,(H2,24,26,27). The topological polar surface area (TPSA) is 61.8 Å². The van der Waals surface area contributed by atoms with Crippen LogP contribution in [-0.2, 0) is 17.8 Å². The van der Waals surface area contributed by atoms with Crippen molar-refractivity contribution in [2.75, 3.05) is 24.5 Å². The van der Waals surface area contributed by atoms with E-state index in [1.54, 1.807) is 12.1 Å². The number of aromatic nitrogens is 1. The molecule has 7 heteroatoms. The van der Waals surface area contributed by atoms with E-state index < -0.39 is 0 Å². The van der Waals surface area contributed by atoms with E-state index in [2.05, 4.69) is 51.5 Å². The van der Waals surface area contributed by atoms with Crippen molar-refractivity contribution in [3.8, 4) is 0 Å². The van der Waals surface area contributed by atoms with E-state index in [9.17, 15) is 4.39 Å². The molecule has 1 aromatic carbocycles. The molecular weight excluding hydrogens is 369 g/mol. The quantitative estimate of drug-likeness (QED) is 0.577. The van der Waals surface area contributed by atoms with Gasteiger partial charge in [-0.1, -0.05) is 18.2 Å². The first-order valence-electron chi connectivity index (χ1n) is 10.2. The minimum absolute atomic E-state index is 0.208. The van der Waals surface area contributed by atoms with E-state index in [-0.39, 0.29) is 18.0 Å². The fourth-order valence-corrected chi connectivity index (χ4v) is 3.36. The van der Waals surface area contributed by atoms with Gasteiger partial charge in [0.1, 0.15) is 11.6 Å². The lowest BCUT2D eigenvalue weighted by Gasteiger charge is -2.36. The lowest BCUT2D eigenvalue weighted by molar-refractivity contribution is -0.00545. The number of nitrogens with one attached hydrogen (secondary N) is 2. The SMILES string of the molecule is CCNC(=NCc1ccc(N2CC(C)OC(C)C2)nc1)NCc1ccc(F)cc1. The van der Waals surface area contributed by atoms with Crippen LogP contribution in [0.15, 0.2) is 47.6 Å². The molecule has 0 amide bonds. The highest BCUT2D eigenvalue weighted by Crippen LogP contribution is 2.18. The number of guanidine groups is 1. The maximum absolute atomic E-state index is 13.0. The van der Waals surface area contributed by atoms with Gasteiger partial charge in [-0.05, 0) is 50.1 Å². The van der Waals surface area contributed by atoms with Gasteiger partial charge in [0.25, 0.3) is 0 Å². The zero-order chi connectivity index (χ0) is 20.6. The summed E-state index contributed by atoms with van der Waals surface area (Å²) < 4.78 is 18.8. The van der Waals surface area contributed by atoms with Crippen molar-refractivity contribution in [1.82, 2.24) is 15.6 Å². The number of rotatable bonds is 6. The molecule has 2 N–H and O–H groups in total. The van der Waals surface area contributed by atoms with Crippen LogP contribution in [0.2, 0.25) is 0 Å². The number of morpholine rings is 1. The van der Waals surface area contributed by atoms with Crippen LogP contribution in [0, 0.1) is 5.82 Å². The Bertz CT molecular complexity index is 784. The van der Waals surface area contributed by atoms with E-state index in [4.69, 9.17) is 4.74 Å². The molecule has 0 saturated carbocycles. The summed E-state index contributed by atoms with van der Waals surface area (Å²) in [5.74, 6) is 1.46. The molecule has 2 unspecified atom stereocenters. The molecule has 1 fully saturated rings. The highest BCUT2D eigenvalue weighted by Gasteiger charge is 2.22. The second-order valence-corrected chi connectivity index (χ2v) is 7.36. The fourth-order valence-electron chi connectivity index (χ4n) is 3.36. The highest BCUT2D eigenvalue weighted by atomic mass is 19.1. The molecule has 1 aliphatic rings. The third-order valence-electron chi connectivity index (χ3n) is 4.69. The van der Waals surface area contributed by atoms with Crippen molar-refractivity contribution < 1.29 is 9.13 Å². The highest BCUT2D eigenvalue weighted by molar-refractivity contribution is 5.79. The summed E-state index contributed by atoms with van der Waals surface area (Å²) in [5, 5.41) is 6.50. The van der Waals surface area contributed by atoms with E-state index in [1.165, 1.54) is 12.1 Å². The summed E-state index contributed by atoms with van der Waals surface area (Å²) in [5.41, 5.74) is 2.04. The lowest BCUT2D eigenvalue weighted by Crippen LogP contribution is -2.45. The van der Waals surface area contributed by atoms with Gasteiger partial charge in [0.2, 0.25) is 0 Å². The Balaban J connectivity index is 1.57. The number of halogens is 1. The molecule has 1 aliphatic heterocycles. The predicted octanol–water partition coefficient (Wildman–Crippen LogP) is 3.09. The van der Waals surface area contributed by atoms with Crippen LogP contribution < -0.4 is 15.5 Å². The van der Waals surface area contributed by atoms with Crippen LogP contribution in [0.4, 0.5) is 10.2 Å². The molecule has 2 aromatic rings. The Hall–Kier alpha value is -2.67.